The number of alkyl halides is 2. The van der Waals surface area contributed by atoms with Crippen LogP contribution in [0.15, 0.2) is 48.5 Å². The van der Waals surface area contributed by atoms with Crippen molar-refractivity contribution >= 4 is 0 Å². The zero-order valence-electron chi connectivity index (χ0n) is 10.4. The lowest BCUT2D eigenvalue weighted by molar-refractivity contribution is 0.150. The largest absolute Gasteiger partial charge is 0.496 e. The second kappa shape index (κ2) is 5.80. The van der Waals surface area contributed by atoms with Crippen LogP contribution in [0.4, 0.5) is 8.78 Å². The minimum atomic E-state index is -2.55. The van der Waals surface area contributed by atoms with Crippen LogP contribution in [0.5, 0.6) is 5.75 Å². The Morgan fingerprint density at radius 1 is 1.00 bits per heavy atom. The summed E-state index contributed by atoms with van der Waals surface area (Å²) >= 11 is 0. The molecule has 100 valence electrons. The number of hydrogen-bond acceptors (Lipinski definition) is 2. The van der Waals surface area contributed by atoms with Gasteiger partial charge in [-0.2, -0.15) is 0 Å². The Kier molecular flexibility index (Phi) is 4.12. The zero-order valence-corrected chi connectivity index (χ0v) is 10.4. The molecule has 0 bridgehead atoms. The summed E-state index contributed by atoms with van der Waals surface area (Å²) in [5.41, 5.74) is 0.866. The first-order valence-corrected chi connectivity index (χ1v) is 5.82. The molecule has 4 heteroatoms. The maximum atomic E-state index is 12.7. The highest BCUT2D eigenvalue weighted by Gasteiger charge is 2.16. The number of halogens is 2. The Balaban J connectivity index is 2.38. The molecule has 0 aliphatic heterocycles. The Labute approximate surface area is 110 Å². The lowest BCUT2D eigenvalue weighted by atomic mass is 9.99. The molecule has 0 saturated heterocycles. The standard InChI is InChI=1S/C15H14F2O2/c1-19-13-8-3-2-7-12(13)14(18)10-5-4-6-11(9-10)15(16)17/h2-9,14-15,18H,1H3. The number of hydrogen-bond donors (Lipinski definition) is 1. The summed E-state index contributed by atoms with van der Waals surface area (Å²) in [6, 6.07) is 12.7. The number of aliphatic hydroxyl groups excluding tert-OH is 1. The number of methoxy groups -OCH3 is 1. The molecule has 1 unspecified atom stereocenters. The summed E-state index contributed by atoms with van der Waals surface area (Å²) in [4.78, 5) is 0. The van der Waals surface area contributed by atoms with E-state index in [0.717, 1.165) is 0 Å². The van der Waals surface area contributed by atoms with Crippen LogP contribution >= 0.6 is 0 Å². The van der Waals surface area contributed by atoms with Crippen molar-refractivity contribution < 1.29 is 18.6 Å². The molecule has 2 rings (SSSR count). The van der Waals surface area contributed by atoms with Gasteiger partial charge in [0, 0.05) is 11.1 Å². The molecule has 0 radical (unpaired) electrons. The van der Waals surface area contributed by atoms with Gasteiger partial charge < -0.3 is 9.84 Å². The molecule has 0 aliphatic carbocycles. The van der Waals surface area contributed by atoms with E-state index in [9.17, 15) is 13.9 Å². The number of aliphatic hydroxyl groups is 1. The van der Waals surface area contributed by atoms with E-state index in [1.54, 1.807) is 30.3 Å². The van der Waals surface area contributed by atoms with Gasteiger partial charge in [0.2, 0.25) is 0 Å². The Morgan fingerprint density at radius 2 is 1.68 bits per heavy atom. The fourth-order valence-corrected chi connectivity index (χ4v) is 1.94. The fourth-order valence-electron chi connectivity index (χ4n) is 1.94. The maximum absolute atomic E-state index is 12.7. The van der Waals surface area contributed by atoms with Crippen molar-refractivity contribution in [2.75, 3.05) is 7.11 Å². The van der Waals surface area contributed by atoms with E-state index >= 15 is 0 Å². The van der Waals surface area contributed by atoms with Crippen molar-refractivity contribution in [3.8, 4) is 5.75 Å². The molecule has 2 aromatic rings. The van der Waals surface area contributed by atoms with Gasteiger partial charge in [-0.05, 0) is 17.7 Å². The maximum Gasteiger partial charge on any atom is 0.263 e. The van der Waals surface area contributed by atoms with Crippen LogP contribution in [-0.4, -0.2) is 12.2 Å². The molecule has 0 heterocycles. The van der Waals surface area contributed by atoms with E-state index in [-0.39, 0.29) is 5.56 Å². The molecular weight excluding hydrogens is 250 g/mol. The van der Waals surface area contributed by atoms with Gasteiger partial charge in [0.15, 0.2) is 0 Å². The van der Waals surface area contributed by atoms with E-state index in [0.29, 0.717) is 16.9 Å². The average molecular weight is 264 g/mol. The molecular formula is C15H14F2O2. The fraction of sp³-hybridized carbons (Fsp3) is 0.200. The number of para-hydroxylation sites is 1. The SMILES string of the molecule is COc1ccccc1C(O)c1cccc(C(F)F)c1. The Morgan fingerprint density at radius 3 is 2.37 bits per heavy atom. The summed E-state index contributed by atoms with van der Waals surface area (Å²) in [7, 11) is 1.50. The molecule has 0 amide bonds. The van der Waals surface area contributed by atoms with Gasteiger partial charge in [0.05, 0.1) is 7.11 Å². The van der Waals surface area contributed by atoms with Gasteiger partial charge in [-0.3, -0.25) is 0 Å². The summed E-state index contributed by atoms with van der Waals surface area (Å²) < 4.78 is 30.5. The van der Waals surface area contributed by atoms with Crippen molar-refractivity contribution in [2.45, 2.75) is 12.5 Å². The quantitative estimate of drug-likeness (QED) is 0.912. The van der Waals surface area contributed by atoms with Crippen LogP contribution in [-0.2, 0) is 0 Å². The van der Waals surface area contributed by atoms with Crippen LogP contribution in [0, 0.1) is 0 Å². The van der Waals surface area contributed by atoms with Gasteiger partial charge in [0.25, 0.3) is 6.43 Å². The molecule has 0 spiro atoms. The van der Waals surface area contributed by atoms with E-state index < -0.39 is 12.5 Å². The first-order valence-electron chi connectivity index (χ1n) is 5.82. The highest BCUT2D eigenvalue weighted by molar-refractivity contribution is 5.41. The first kappa shape index (κ1) is 13.5. The van der Waals surface area contributed by atoms with Crippen molar-refractivity contribution in [3.05, 3.63) is 65.2 Å². The minimum absolute atomic E-state index is 0.105. The highest BCUT2D eigenvalue weighted by atomic mass is 19.3. The minimum Gasteiger partial charge on any atom is -0.496 e. The third-order valence-electron chi connectivity index (χ3n) is 2.91. The van der Waals surface area contributed by atoms with Crippen molar-refractivity contribution in [1.29, 1.82) is 0 Å². The number of ether oxygens (including phenoxy) is 1. The molecule has 0 aliphatic rings. The van der Waals surface area contributed by atoms with Gasteiger partial charge in [0.1, 0.15) is 11.9 Å². The normalized spacial score (nSPS) is 12.5. The van der Waals surface area contributed by atoms with Gasteiger partial charge in [-0.1, -0.05) is 36.4 Å². The van der Waals surface area contributed by atoms with E-state index in [2.05, 4.69) is 0 Å². The summed E-state index contributed by atoms with van der Waals surface area (Å²) in [6.45, 7) is 0. The van der Waals surface area contributed by atoms with E-state index in [4.69, 9.17) is 4.74 Å². The smallest absolute Gasteiger partial charge is 0.263 e. The first-order chi connectivity index (χ1) is 9.13. The lowest BCUT2D eigenvalue weighted by Crippen LogP contribution is -2.03. The van der Waals surface area contributed by atoms with Crippen molar-refractivity contribution in [2.24, 2.45) is 0 Å². The molecule has 1 N–H and O–H groups in total. The summed E-state index contributed by atoms with van der Waals surface area (Å²) in [6.07, 6.45) is -3.54. The molecule has 0 saturated carbocycles. The van der Waals surface area contributed by atoms with Gasteiger partial charge in [-0.25, -0.2) is 8.78 Å². The number of benzene rings is 2. The lowest BCUT2D eigenvalue weighted by Gasteiger charge is -2.15. The van der Waals surface area contributed by atoms with Crippen LogP contribution < -0.4 is 4.74 Å². The summed E-state index contributed by atoms with van der Waals surface area (Å²) in [5, 5.41) is 10.3. The van der Waals surface area contributed by atoms with Gasteiger partial charge in [-0.15, -0.1) is 0 Å². The highest BCUT2D eigenvalue weighted by Crippen LogP contribution is 2.31. The Bertz CT molecular complexity index is 555. The molecule has 0 fully saturated rings. The van der Waals surface area contributed by atoms with Crippen LogP contribution in [0.25, 0.3) is 0 Å². The van der Waals surface area contributed by atoms with Gasteiger partial charge >= 0.3 is 0 Å². The van der Waals surface area contributed by atoms with E-state index in [1.807, 2.05) is 0 Å². The predicted molar refractivity (Wildman–Crippen MR) is 68.5 cm³/mol. The van der Waals surface area contributed by atoms with Crippen molar-refractivity contribution in [3.63, 3.8) is 0 Å². The van der Waals surface area contributed by atoms with E-state index in [1.165, 1.54) is 25.3 Å². The molecule has 2 nitrogen and oxygen atoms in total. The third kappa shape index (κ3) is 2.90. The third-order valence-corrected chi connectivity index (χ3v) is 2.91. The zero-order chi connectivity index (χ0) is 13.8. The second-order valence-corrected chi connectivity index (χ2v) is 4.12. The molecule has 1 atom stereocenters. The average Bonchev–Trinajstić information content (AvgIpc) is 2.46. The van der Waals surface area contributed by atoms with Crippen LogP contribution in [0.3, 0.4) is 0 Å². The molecule has 2 aromatic carbocycles. The van der Waals surface area contributed by atoms with Crippen LogP contribution in [0.1, 0.15) is 29.2 Å². The molecule has 19 heavy (non-hydrogen) atoms. The predicted octanol–water partition coefficient (Wildman–Crippen LogP) is 3.71. The monoisotopic (exact) mass is 264 g/mol. The van der Waals surface area contributed by atoms with Crippen molar-refractivity contribution in [1.82, 2.24) is 0 Å². The topological polar surface area (TPSA) is 29.5 Å². The van der Waals surface area contributed by atoms with Crippen LogP contribution in [0.2, 0.25) is 0 Å². The Hall–Kier alpha value is -1.94. The molecule has 0 aromatic heterocycles. The number of rotatable bonds is 4. The second-order valence-electron chi connectivity index (χ2n) is 4.12. The summed E-state index contributed by atoms with van der Waals surface area (Å²) in [5.74, 6) is 0.525.